The van der Waals surface area contributed by atoms with Gasteiger partial charge in [-0.2, -0.15) is 0 Å². The second kappa shape index (κ2) is 6.64. The third-order valence-electron chi connectivity index (χ3n) is 13.0. The molecule has 0 aromatic carbocycles. The van der Waals surface area contributed by atoms with Crippen molar-refractivity contribution in [1.82, 2.24) is 0 Å². The maximum absolute atomic E-state index is 10.9. The monoisotopic (exact) mass is 426 g/mol. The van der Waals surface area contributed by atoms with E-state index in [-0.39, 0.29) is 11.5 Å². The predicted octanol–water partition coefficient (Wildman–Crippen LogP) is 8.17. The lowest BCUT2D eigenvalue weighted by atomic mass is 9.33. The van der Waals surface area contributed by atoms with Gasteiger partial charge in [0, 0.05) is 0 Å². The van der Waals surface area contributed by atoms with Gasteiger partial charge in [0.2, 0.25) is 0 Å². The Hall–Kier alpha value is -0.300. The summed E-state index contributed by atoms with van der Waals surface area (Å²) in [6, 6.07) is 0. The quantitative estimate of drug-likeness (QED) is 0.419. The Bertz CT molecular complexity index is 790. The fraction of sp³-hybridized carbons (Fsp3) is 0.933. The largest absolute Gasteiger partial charge is 0.393 e. The third-order valence-corrected chi connectivity index (χ3v) is 13.0. The van der Waals surface area contributed by atoms with Gasteiger partial charge in [0.15, 0.2) is 0 Å². The van der Waals surface area contributed by atoms with E-state index in [0.717, 1.165) is 24.2 Å². The molecule has 5 aliphatic carbocycles. The molecule has 31 heavy (non-hydrogen) atoms. The Morgan fingerprint density at radius 1 is 0.742 bits per heavy atom. The van der Waals surface area contributed by atoms with Crippen LogP contribution in [0.5, 0.6) is 0 Å². The Kier molecular flexibility index (Phi) is 4.82. The number of aliphatic hydroxyl groups is 1. The number of aliphatic hydroxyl groups excluding tert-OH is 1. The summed E-state index contributed by atoms with van der Waals surface area (Å²) in [5.41, 5.74) is 5.64. The van der Waals surface area contributed by atoms with Crippen LogP contribution in [-0.4, -0.2) is 11.2 Å². The van der Waals surface area contributed by atoms with Crippen LogP contribution in [0, 0.1) is 50.7 Å². The minimum atomic E-state index is -0.116. The van der Waals surface area contributed by atoms with Gasteiger partial charge in [0.1, 0.15) is 0 Å². The maximum Gasteiger partial charge on any atom is 0.0594 e. The van der Waals surface area contributed by atoms with Crippen LogP contribution in [0.1, 0.15) is 120 Å². The summed E-state index contributed by atoms with van der Waals surface area (Å²) in [6.07, 6.45) is 13.3. The summed E-state index contributed by atoms with van der Waals surface area (Å²) in [5.74, 6) is 3.03. The molecule has 1 heteroatoms. The fourth-order valence-corrected chi connectivity index (χ4v) is 11.0. The number of rotatable bonds is 1. The molecule has 0 heterocycles. The van der Waals surface area contributed by atoms with E-state index in [0.29, 0.717) is 27.6 Å². The summed E-state index contributed by atoms with van der Waals surface area (Å²) in [6.45, 7) is 20.4. The molecule has 0 spiro atoms. The topological polar surface area (TPSA) is 20.2 Å². The summed E-state index contributed by atoms with van der Waals surface area (Å²) in [5, 5.41) is 10.9. The molecule has 0 aromatic heterocycles. The minimum Gasteiger partial charge on any atom is -0.393 e. The van der Waals surface area contributed by atoms with Crippen molar-refractivity contribution >= 4 is 0 Å². The van der Waals surface area contributed by atoms with Crippen LogP contribution in [0.15, 0.2) is 11.1 Å². The van der Waals surface area contributed by atoms with Gasteiger partial charge in [-0.05, 0) is 115 Å². The minimum absolute atomic E-state index is 0.0655. The highest BCUT2D eigenvalue weighted by Gasteiger charge is 2.68. The van der Waals surface area contributed by atoms with Crippen LogP contribution in [0.2, 0.25) is 0 Å². The molecule has 5 aliphatic rings. The molecule has 8 atom stereocenters. The van der Waals surface area contributed by atoms with Crippen molar-refractivity contribution in [3.05, 3.63) is 11.1 Å². The molecule has 0 bridgehead atoms. The number of hydrogen-bond acceptors (Lipinski definition) is 1. The highest BCUT2D eigenvalue weighted by Crippen LogP contribution is 2.76. The second-order valence-electron chi connectivity index (χ2n) is 14.6. The molecule has 0 radical (unpaired) electrons. The summed E-state index contributed by atoms with van der Waals surface area (Å²) in [4.78, 5) is 0. The van der Waals surface area contributed by atoms with Gasteiger partial charge in [-0.3, -0.25) is 0 Å². The highest BCUT2D eigenvalue weighted by molar-refractivity contribution is 5.37. The molecule has 0 amide bonds. The van der Waals surface area contributed by atoms with Gasteiger partial charge in [0.25, 0.3) is 0 Å². The lowest BCUT2D eigenvalue weighted by Gasteiger charge is -2.72. The van der Waals surface area contributed by atoms with Crippen molar-refractivity contribution in [3.8, 4) is 0 Å². The third kappa shape index (κ3) is 2.65. The molecule has 4 fully saturated rings. The molecule has 0 aromatic rings. The first-order valence-corrected chi connectivity index (χ1v) is 13.7. The maximum atomic E-state index is 10.9. The highest BCUT2D eigenvalue weighted by atomic mass is 16.3. The lowest BCUT2D eigenvalue weighted by molar-refractivity contribution is -0.228. The van der Waals surface area contributed by atoms with Gasteiger partial charge in [-0.25, -0.2) is 0 Å². The molecular formula is C30H50O. The zero-order chi connectivity index (χ0) is 22.6. The molecule has 0 saturated heterocycles. The van der Waals surface area contributed by atoms with E-state index in [1.807, 2.05) is 11.1 Å². The Labute approximate surface area is 192 Å². The van der Waals surface area contributed by atoms with Crippen LogP contribution < -0.4 is 0 Å². The van der Waals surface area contributed by atoms with Crippen LogP contribution in [0.3, 0.4) is 0 Å². The molecular weight excluding hydrogens is 376 g/mol. The normalized spacial score (nSPS) is 53.6. The van der Waals surface area contributed by atoms with Crippen LogP contribution >= 0.6 is 0 Å². The standard InChI is InChI=1S/C30H50O/c1-19(2)20-11-14-27(5)17-18-29(7)21(25(20)27)9-10-23-28(6)15-13-24(31)26(3,4)22(28)12-16-30(23,29)8/h19,21-24,31H,9-18H2,1-8H3/t21-,22+,23-,24+,27+,28-,29+,30+/m0/s1. The number of allylic oxidation sites excluding steroid dienone is 2. The van der Waals surface area contributed by atoms with E-state index >= 15 is 0 Å². The zero-order valence-electron chi connectivity index (χ0n) is 21.9. The summed E-state index contributed by atoms with van der Waals surface area (Å²) >= 11 is 0. The first kappa shape index (κ1) is 22.5. The van der Waals surface area contributed by atoms with Crippen LogP contribution in [-0.2, 0) is 0 Å². The molecule has 4 saturated carbocycles. The molecule has 176 valence electrons. The van der Waals surface area contributed by atoms with E-state index < -0.39 is 0 Å². The van der Waals surface area contributed by atoms with Crippen molar-refractivity contribution in [3.63, 3.8) is 0 Å². The smallest absolute Gasteiger partial charge is 0.0594 e. The van der Waals surface area contributed by atoms with Gasteiger partial charge < -0.3 is 5.11 Å². The second-order valence-corrected chi connectivity index (χ2v) is 14.6. The van der Waals surface area contributed by atoms with Gasteiger partial charge in [-0.15, -0.1) is 0 Å². The first-order valence-electron chi connectivity index (χ1n) is 13.7. The van der Waals surface area contributed by atoms with Crippen molar-refractivity contribution < 1.29 is 5.11 Å². The lowest BCUT2D eigenvalue weighted by Crippen LogP contribution is -2.65. The van der Waals surface area contributed by atoms with E-state index in [9.17, 15) is 5.11 Å². The fourth-order valence-electron chi connectivity index (χ4n) is 11.0. The van der Waals surface area contributed by atoms with Crippen molar-refractivity contribution in [2.45, 2.75) is 126 Å². The Morgan fingerprint density at radius 3 is 2.13 bits per heavy atom. The molecule has 1 nitrogen and oxygen atoms in total. The van der Waals surface area contributed by atoms with Crippen molar-refractivity contribution in [2.24, 2.45) is 50.7 Å². The zero-order valence-corrected chi connectivity index (χ0v) is 21.9. The number of fused-ring (bicyclic) bond motifs is 7. The van der Waals surface area contributed by atoms with E-state index in [2.05, 4.69) is 55.4 Å². The molecule has 1 N–H and O–H groups in total. The molecule has 0 aliphatic heterocycles. The van der Waals surface area contributed by atoms with Crippen molar-refractivity contribution in [1.29, 1.82) is 0 Å². The van der Waals surface area contributed by atoms with E-state index in [4.69, 9.17) is 0 Å². The summed E-state index contributed by atoms with van der Waals surface area (Å²) in [7, 11) is 0. The van der Waals surface area contributed by atoms with Gasteiger partial charge in [0.05, 0.1) is 6.10 Å². The summed E-state index contributed by atoms with van der Waals surface area (Å²) < 4.78 is 0. The van der Waals surface area contributed by atoms with Gasteiger partial charge in [-0.1, -0.05) is 66.5 Å². The molecule has 0 unspecified atom stereocenters. The van der Waals surface area contributed by atoms with Gasteiger partial charge >= 0.3 is 0 Å². The van der Waals surface area contributed by atoms with Crippen LogP contribution in [0.4, 0.5) is 0 Å². The van der Waals surface area contributed by atoms with Crippen molar-refractivity contribution in [2.75, 3.05) is 0 Å². The first-order chi connectivity index (χ1) is 14.3. The predicted molar refractivity (Wildman–Crippen MR) is 131 cm³/mol. The number of hydrogen-bond donors (Lipinski definition) is 1. The Morgan fingerprint density at radius 2 is 1.45 bits per heavy atom. The van der Waals surface area contributed by atoms with Crippen LogP contribution in [0.25, 0.3) is 0 Å². The Balaban J connectivity index is 1.58. The molecule has 5 rings (SSSR count). The average Bonchev–Trinajstić information content (AvgIpc) is 3.04. The van der Waals surface area contributed by atoms with E-state index in [1.54, 1.807) is 0 Å². The average molecular weight is 427 g/mol. The SMILES string of the molecule is CC(C)C1=C2[C@@H]3CC[C@H]4[C@@]5(C)CC[C@@H](O)C(C)(C)[C@H]5CC[C@@]4(C)[C@]3(C)CC[C@@]2(C)CC1. The van der Waals surface area contributed by atoms with E-state index in [1.165, 1.54) is 57.8 Å².